The molecule has 5 aromatic rings. The van der Waals surface area contributed by atoms with E-state index in [1.54, 1.807) is 102 Å². The van der Waals surface area contributed by atoms with Crippen molar-refractivity contribution in [2.45, 2.75) is 63.8 Å². The number of anilines is 1. The van der Waals surface area contributed by atoms with Crippen LogP contribution in [-0.2, 0) is 45.7 Å². The van der Waals surface area contributed by atoms with Crippen LogP contribution in [0.1, 0.15) is 44.4 Å². The van der Waals surface area contributed by atoms with Crippen molar-refractivity contribution in [3.63, 3.8) is 0 Å². The maximum atomic E-state index is 15.7. The summed E-state index contributed by atoms with van der Waals surface area (Å²) in [6.45, 7) is 6.46. The van der Waals surface area contributed by atoms with Crippen LogP contribution in [0.25, 0.3) is 11.4 Å². The van der Waals surface area contributed by atoms with Crippen molar-refractivity contribution < 1.29 is 40.9 Å². The molecule has 0 fully saturated rings. The Morgan fingerprint density at radius 1 is 0.862 bits per heavy atom. The summed E-state index contributed by atoms with van der Waals surface area (Å²) in [5.74, 6) is 1.92. The lowest BCUT2D eigenvalue weighted by Gasteiger charge is -2.32. The van der Waals surface area contributed by atoms with Crippen LogP contribution in [0.5, 0.6) is 17.2 Å². The fraction of sp³-hybridized carbons (Fsp3) is 0.333. The molecule has 1 aromatic heterocycles. The van der Waals surface area contributed by atoms with Crippen LogP contribution in [0.15, 0.2) is 89.8 Å². The normalized spacial score (nSPS) is 12.8. The number of tetrazole rings is 1. The van der Waals surface area contributed by atoms with Crippen molar-refractivity contribution in [1.82, 2.24) is 29.8 Å². The monoisotopic (exact) mass is 947 g/mol. The van der Waals surface area contributed by atoms with Gasteiger partial charge in [0, 0.05) is 22.2 Å². The van der Waals surface area contributed by atoms with Crippen LogP contribution in [0.2, 0.25) is 0 Å². The van der Waals surface area contributed by atoms with Gasteiger partial charge in [-0.05, 0) is 126 Å². The summed E-state index contributed by atoms with van der Waals surface area (Å²) < 4.78 is 81.3. The molecule has 0 aliphatic carbocycles. The molecule has 1 unspecified atom stereocenters. The molecule has 0 aliphatic rings. The Balaban J connectivity index is 1.72. The highest BCUT2D eigenvalue weighted by Gasteiger charge is 2.38. The van der Waals surface area contributed by atoms with Gasteiger partial charge in [-0.15, -0.1) is 5.10 Å². The van der Waals surface area contributed by atoms with Crippen LogP contribution in [0, 0.1) is 3.57 Å². The third kappa shape index (κ3) is 11.0. The van der Waals surface area contributed by atoms with Crippen molar-refractivity contribution in [2.75, 3.05) is 32.2 Å². The number of halogens is 1. The highest BCUT2D eigenvalue weighted by molar-refractivity contribution is 14.1. The lowest BCUT2D eigenvalue weighted by Crippen LogP contribution is -2.44. The number of hydrogen-bond donors (Lipinski definition) is 2. The second kappa shape index (κ2) is 19.3. The maximum absolute atomic E-state index is 15.7. The van der Waals surface area contributed by atoms with Gasteiger partial charge in [0.1, 0.15) is 28.8 Å². The Hall–Kier alpha value is -4.83. The number of sulfonamides is 1. The van der Waals surface area contributed by atoms with E-state index < -0.39 is 39.0 Å². The summed E-state index contributed by atoms with van der Waals surface area (Å²) in [4.78, 5) is 12.3. The average Bonchev–Trinajstić information content (AvgIpc) is 3.64. The largest absolute Gasteiger partial charge is 0.497 e. The average molecular weight is 948 g/mol. The summed E-state index contributed by atoms with van der Waals surface area (Å²) in [6, 6.07) is 23.3. The molecule has 1 amide bonds. The van der Waals surface area contributed by atoms with Gasteiger partial charge in [-0.25, -0.2) is 22.1 Å². The number of carbonyl (C=O) groups excluding carboxylic acids is 1. The first-order valence-corrected chi connectivity index (χ1v) is 21.5. The van der Waals surface area contributed by atoms with Crippen molar-refractivity contribution >= 4 is 55.7 Å². The number of amides is 1. The second-order valence-electron chi connectivity index (χ2n) is 14.1. The van der Waals surface area contributed by atoms with E-state index in [0.717, 1.165) is 9.87 Å². The van der Waals surface area contributed by atoms with E-state index in [2.05, 4.69) is 20.8 Å². The summed E-state index contributed by atoms with van der Waals surface area (Å²) in [6.07, 6.45) is -0.748. The van der Waals surface area contributed by atoms with Crippen LogP contribution in [0.3, 0.4) is 0 Å². The van der Waals surface area contributed by atoms with Crippen LogP contribution >= 0.6 is 22.6 Å². The molecular formula is C39H46IN7O9S2. The summed E-state index contributed by atoms with van der Waals surface area (Å²) in [7, 11) is -0.0289. The highest BCUT2D eigenvalue weighted by Crippen LogP contribution is 2.41. The first kappa shape index (κ1) is 44.3. The quantitative estimate of drug-likeness (QED) is 0.0788. The fourth-order valence-electron chi connectivity index (χ4n) is 5.89. The number of benzene rings is 4. The molecular weight excluding hydrogens is 902 g/mol. The number of nitrogens with zero attached hydrogens (tertiary/aromatic N) is 6. The Labute approximate surface area is 354 Å². The molecule has 2 atom stereocenters. The predicted octanol–water partition coefficient (Wildman–Crippen LogP) is 6.27. The Kier molecular flexibility index (Phi) is 14.7. The molecule has 58 heavy (non-hydrogen) atoms. The van der Waals surface area contributed by atoms with Crippen LogP contribution < -0.4 is 23.8 Å². The molecule has 310 valence electrons. The zero-order valence-electron chi connectivity index (χ0n) is 33.1. The minimum atomic E-state index is -4.67. The molecule has 2 N–H and O–H groups in total. The molecule has 0 saturated carbocycles. The molecule has 0 bridgehead atoms. The third-order valence-electron chi connectivity index (χ3n) is 8.71. The second-order valence-corrected chi connectivity index (χ2v) is 18.0. The zero-order chi connectivity index (χ0) is 42.2. The molecule has 0 radical (unpaired) electrons. The van der Waals surface area contributed by atoms with Gasteiger partial charge in [0.05, 0.1) is 45.2 Å². The Morgan fingerprint density at radius 2 is 1.36 bits per heavy atom. The lowest BCUT2D eigenvalue weighted by molar-refractivity contribution is 0.133. The number of hydrogen-bond acceptors (Lipinski definition) is 11. The molecule has 5 rings (SSSR count). The predicted molar refractivity (Wildman–Crippen MR) is 227 cm³/mol. The van der Waals surface area contributed by atoms with E-state index in [4.69, 9.17) is 18.9 Å². The zero-order valence-corrected chi connectivity index (χ0v) is 36.9. The van der Waals surface area contributed by atoms with Gasteiger partial charge in [0.25, 0.3) is 11.3 Å². The summed E-state index contributed by atoms with van der Waals surface area (Å²) >= 11 is -0.811. The van der Waals surface area contributed by atoms with E-state index in [1.807, 2.05) is 34.7 Å². The standard InChI is InChI=1S/C39H46IN7O9S2/c1-26(25-56-38(48)41-39(2,3)4)47(57(49)50)34-21-20-33(40)35(37-42-43-44-46(37)24-29-12-18-32(55-7)19-13-29)36(34)58(51,52)45(22-27-8-14-30(53-5)15-9-27)23-28-10-16-31(54-6)17-11-28/h8-21,26H,22-25H2,1-7H3,(H,41,48)(H,49,50)/t26-/m0/s1. The highest BCUT2D eigenvalue weighted by atomic mass is 127. The molecule has 1 heterocycles. The van der Waals surface area contributed by atoms with E-state index in [1.165, 1.54) is 29.3 Å². The molecule has 0 spiro atoms. The van der Waals surface area contributed by atoms with Gasteiger partial charge in [-0.2, -0.15) is 4.31 Å². The minimum Gasteiger partial charge on any atom is -0.497 e. The van der Waals surface area contributed by atoms with Gasteiger partial charge in [0.15, 0.2) is 5.82 Å². The van der Waals surface area contributed by atoms with Crippen LogP contribution in [0.4, 0.5) is 10.5 Å². The van der Waals surface area contributed by atoms with Crippen molar-refractivity contribution in [3.8, 4) is 28.6 Å². The number of nitrogens with one attached hydrogen (secondary N) is 1. The SMILES string of the molecule is COc1ccc(CN(Cc2ccc(OC)cc2)S(=O)(=O)c2c(N([C@@H](C)COC(=O)NC(C)(C)C)S(=O)O)ccc(I)c2-c2nnnn2Cc2ccc(OC)cc2)cc1. The lowest BCUT2D eigenvalue weighted by atomic mass is 10.1. The number of ether oxygens (including phenoxy) is 4. The molecule has 16 nitrogen and oxygen atoms in total. The first-order chi connectivity index (χ1) is 27.5. The molecule has 0 saturated heterocycles. The third-order valence-corrected chi connectivity index (χ3v) is 12.4. The van der Waals surface area contributed by atoms with Gasteiger partial charge in [-0.1, -0.05) is 36.4 Å². The summed E-state index contributed by atoms with van der Waals surface area (Å²) in [5, 5.41) is 15.2. The Morgan fingerprint density at radius 3 is 1.83 bits per heavy atom. The van der Waals surface area contributed by atoms with E-state index in [9.17, 15) is 13.6 Å². The van der Waals surface area contributed by atoms with Gasteiger partial charge in [0.2, 0.25) is 10.0 Å². The van der Waals surface area contributed by atoms with Crippen molar-refractivity contribution in [2.24, 2.45) is 0 Å². The molecule has 4 aromatic carbocycles. The van der Waals surface area contributed by atoms with Crippen molar-refractivity contribution in [3.05, 3.63) is 105 Å². The number of carbonyl (C=O) groups is 1. The number of rotatable bonds is 17. The minimum absolute atomic E-state index is 0.0895. The van der Waals surface area contributed by atoms with Gasteiger partial charge < -0.3 is 24.3 Å². The summed E-state index contributed by atoms with van der Waals surface area (Å²) in [5.41, 5.74) is 1.43. The smallest absolute Gasteiger partial charge is 0.407 e. The number of methoxy groups -OCH3 is 3. The number of aromatic nitrogens is 4. The van der Waals surface area contributed by atoms with E-state index in [-0.39, 0.29) is 48.2 Å². The molecule has 0 aliphatic heterocycles. The molecule has 19 heteroatoms. The van der Waals surface area contributed by atoms with E-state index >= 15 is 8.42 Å². The maximum Gasteiger partial charge on any atom is 0.407 e. The first-order valence-electron chi connectivity index (χ1n) is 17.9. The topological polar surface area (TPSA) is 188 Å². The van der Waals surface area contributed by atoms with Gasteiger partial charge in [-0.3, -0.25) is 8.86 Å². The van der Waals surface area contributed by atoms with E-state index in [0.29, 0.717) is 31.9 Å². The van der Waals surface area contributed by atoms with Crippen molar-refractivity contribution in [1.29, 1.82) is 0 Å². The Bertz CT molecular complexity index is 2250. The number of alkyl carbamates (subject to hydrolysis) is 1. The van der Waals surface area contributed by atoms with Gasteiger partial charge >= 0.3 is 6.09 Å². The fourth-order valence-corrected chi connectivity index (χ4v) is 9.30. The van der Waals surface area contributed by atoms with Crippen LogP contribution in [-0.4, -0.2) is 87.3 Å².